The first-order chi connectivity index (χ1) is 12.5. The number of phenols is 1. The Morgan fingerprint density at radius 1 is 1.35 bits per heavy atom. The molecule has 3 rings (SSSR count). The lowest BCUT2D eigenvalue weighted by atomic mass is 10.2. The van der Waals surface area contributed by atoms with Gasteiger partial charge in [-0.2, -0.15) is 5.10 Å². The molecule has 9 nitrogen and oxygen atoms in total. The van der Waals surface area contributed by atoms with Crippen LogP contribution in [-0.2, 0) is 0 Å². The van der Waals surface area contributed by atoms with Crippen LogP contribution < -0.4 is 10.2 Å². The highest BCUT2D eigenvalue weighted by atomic mass is 16.6. The Morgan fingerprint density at radius 3 is 2.81 bits per heavy atom. The SMILES string of the molecule is COc1cc(/C=N/NC(=O)c2cc3ccccc3o2)cc([N+](=O)[O-])c1O. The zero-order valence-electron chi connectivity index (χ0n) is 13.5. The lowest BCUT2D eigenvalue weighted by Gasteiger charge is -2.05. The predicted molar refractivity (Wildman–Crippen MR) is 92.6 cm³/mol. The number of hydrogen-bond donors (Lipinski definition) is 2. The van der Waals surface area contributed by atoms with E-state index in [2.05, 4.69) is 10.5 Å². The zero-order chi connectivity index (χ0) is 18.7. The van der Waals surface area contributed by atoms with Crippen LogP contribution in [0.15, 0.2) is 52.0 Å². The minimum atomic E-state index is -0.748. The van der Waals surface area contributed by atoms with E-state index in [1.54, 1.807) is 24.3 Å². The molecule has 0 saturated heterocycles. The number of para-hydroxylation sites is 1. The second kappa shape index (κ2) is 6.93. The van der Waals surface area contributed by atoms with Crippen molar-refractivity contribution in [2.75, 3.05) is 7.11 Å². The first-order valence-electron chi connectivity index (χ1n) is 7.37. The fraction of sp³-hybridized carbons (Fsp3) is 0.0588. The summed E-state index contributed by atoms with van der Waals surface area (Å²) in [5, 5.41) is 25.2. The third kappa shape index (κ3) is 3.31. The predicted octanol–water partition coefficient (Wildman–Crippen LogP) is 2.82. The maximum Gasteiger partial charge on any atom is 0.315 e. The highest BCUT2D eigenvalue weighted by molar-refractivity contribution is 5.96. The molecule has 0 aliphatic heterocycles. The van der Waals surface area contributed by atoms with Crippen LogP contribution in [0.2, 0.25) is 0 Å². The summed E-state index contributed by atoms with van der Waals surface area (Å²) in [6.07, 6.45) is 1.19. The van der Waals surface area contributed by atoms with Gasteiger partial charge in [-0.3, -0.25) is 14.9 Å². The monoisotopic (exact) mass is 355 g/mol. The highest BCUT2D eigenvalue weighted by Crippen LogP contribution is 2.36. The number of fused-ring (bicyclic) bond motifs is 1. The summed E-state index contributed by atoms with van der Waals surface area (Å²) < 4.78 is 10.3. The summed E-state index contributed by atoms with van der Waals surface area (Å²) in [4.78, 5) is 22.3. The number of carbonyl (C=O) groups is 1. The number of nitro benzene ring substituents is 1. The van der Waals surface area contributed by atoms with Gasteiger partial charge < -0.3 is 14.3 Å². The van der Waals surface area contributed by atoms with Crippen molar-refractivity contribution in [3.05, 3.63) is 63.9 Å². The maximum absolute atomic E-state index is 12.1. The summed E-state index contributed by atoms with van der Waals surface area (Å²) >= 11 is 0. The Bertz CT molecular complexity index is 992. The van der Waals surface area contributed by atoms with Gasteiger partial charge >= 0.3 is 11.6 Å². The molecule has 0 fully saturated rings. The van der Waals surface area contributed by atoms with Crippen LogP contribution in [-0.4, -0.2) is 29.3 Å². The Kier molecular flexibility index (Phi) is 4.52. The number of aromatic hydroxyl groups is 1. The van der Waals surface area contributed by atoms with Crippen molar-refractivity contribution in [3.8, 4) is 11.5 Å². The molecule has 0 bridgehead atoms. The van der Waals surface area contributed by atoms with Crippen LogP contribution >= 0.6 is 0 Å². The van der Waals surface area contributed by atoms with Crippen molar-refractivity contribution in [2.45, 2.75) is 0 Å². The molecule has 2 N–H and O–H groups in total. The van der Waals surface area contributed by atoms with Crippen molar-refractivity contribution >= 4 is 28.8 Å². The Labute approximate surface area is 146 Å². The van der Waals surface area contributed by atoms with Gasteiger partial charge in [-0.15, -0.1) is 0 Å². The number of hydrazone groups is 1. The second-order valence-corrected chi connectivity index (χ2v) is 5.20. The van der Waals surface area contributed by atoms with Crippen molar-refractivity contribution in [1.29, 1.82) is 0 Å². The van der Waals surface area contributed by atoms with Crippen LogP contribution in [0.4, 0.5) is 5.69 Å². The van der Waals surface area contributed by atoms with E-state index in [9.17, 15) is 20.0 Å². The third-order valence-electron chi connectivity index (χ3n) is 3.52. The van der Waals surface area contributed by atoms with Crippen LogP contribution in [0, 0.1) is 10.1 Å². The van der Waals surface area contributed by atoms with Gasteiger partial charge in [-0.05, 0) is 18.2 Å². The minimum absolute atomic E-state index is 0.0794. The van der Waals surface area contributed by atoms with Crippen molar-refractivity contribution < 1.29 is 24.0 Å². The average Bonchev–Trinajstić information content (AvgIpc) is 3.06. The van der Waals surface area contributed by atoms with E-state index in [0.717, 1.165) is 11.5 Å². The van der Waals surface area contributed by atoms with Crippen LogP contribution in [0.25, 0.3) is 11.0 Å². The van der Waals surface area contributed by atoms with E-state index in [1.807, 2.05) is 6.07 Å². The van der Waals surface area contributed by atoms with E-state index in [-0.39, 0.29) is 17.1 Å². The number of hydrogen-bond acceptors (Lipinski definition) is 7. The van der Waals surface area contributed by atoms with Gasteiger partial charge in [-0.1, -0.05) is 18.2 Å². The Balaban J connectivity index is 1.78. The molecule has 0 saturated carbocycles. The van der Waals surface area contributed by atoms with E-state index >= 15 is 0 Å². The number of rotatable bonds is 5. The van der Waals surface area contributed by atoms with E-state index < -0.39 is 22.3 Å². The number of carbonyl (C=O) groups excluding carboxylic acids is 1. The molecule has 26 heavy (non-hydrogen) atoms. The molecule has 3 aromatic rings. The van der Waals surface area contributed by atoms with Gasteiger partial charge in [0.2, 0.25) is 5.75 Å². The van der Waals surface area contributed by atoms with Gasteiger partial charge in [-0.25, -0.2) is 5.43 Å². The number of nitrogens with zero attached hydrogens (tertiary/aromatic N) is 2. The third-order valence-corrected chi connectivity index (χ3v) is 3.52. The zero-order valence-corrected chi connectivity index (χ0v) is 13.5. The van der Waals surface area contributed by atoms with Crippen LogP contribution in [0.1, 0.15) is 16.1 Å². The molecule has 1 aromatic heterocycles. The fourth-order valence-electron chi connectivity index (χ4n) is 2.30. The molecule has 0 spiro atoms. The van der Waals surface area contributed by atoms with Gasteiger partial charge in [0.1, 0.15) is 5.58 Å². The van der Waals surface area contributed by atoms with Crippen molar-refractivity contribution in [1.82, 2.24) is 5.43 Å². The molecular formula is C17H13N3O6. The molecule has 9 heteroatoms. The summed E-state index contributed by atoms with van der Waals surface area (Å²) in [6, 6.07) is 11.2. The lowest BCUT2D eigenvalue weighted by molar-refractivity contribution is -0.386. The number of furan rings is 1. The van der Waals surface area contributed by atoms with Crippen molar-refractivity contribution in [3.63, 3.8) is 0 Å². The number of methoxy groups -OCH3 is 1. The number of phenolic OH excluding ortho intramolecular Hbond substituents is 1. The molecule has 1 amide bonds. The largest absolute Gasteiger partial charge is 0.500 e. The van der Waals surface area contributed by atoms with Gasteiger partial charge in [0, 0.05) is 17.0 Å². The number of benzene rings is 2. The van der Waals surface area contributed by atoms with Gasteiger partial charge in [0.05, 0.1) is 18.2 Å². The summed E-state index contributed by atoms with van der Waals surface area (Å²) in [5.74, 6) is -1.15. The number of nitro groups is 1. The summed E-state index contributed by atoms with van der Waals surface area (Å²) in [7, 11) is 1.27. The van der Waals surface area contributed by atoms with Crippen molar-refractivity contribution in [2.24, 2.45) is 5.10 Å². The topological polar surface area (TPSA) is 127 Å². The van der Waals surface area contributed by atoms with Gasteiger partial charge in [0.15, 0.2) is 11.5 Å². The van der Waals surface area contributed by atoms with E-state index in [0.29, 0.717) is 5.58 Å². The quantitative estimate of drug-likeness (QED) is 0.411. The standard InChI is InChI=1S/C17H13N3O6/c1-25-14-7-10(6-12(16(14)21)20(23)24)9-18-19-17(22)15-8-11-4-2-3-5-13(11)26-15/h2-9,21H,1H3,(H,19,22)/b18-9+. The highest BCUT2D eigenvalue weighted by Gasteiger charge is 2.19. The van der Waals surface area contributed by atoms with Crippen LogP contribution in [0.3, 0.4) is 0 Å². The van der Waals surface area contributed by atoms with Crippen LogP contribution in [0.5, 0.6) is 11.5 Å². The average molecular weight is 355 g/mol. The first kappa shape index (κ1) is 17.0. The fourth-order valence-corrected chi connectivity index (χ4v) is 2.30. The summed E-state index contributed by atoms with van der Waals surface area (Å²) in [6.45, 7) is 0. The molecular weight excluding hydrogens is 342 g/mol. The maximum atomic E-state index is 12.1. The second-order valence-electron chi connectivity index (χ2n) is 5.20. The Hall–Kier alpha value is -3.88. The minimum Gasteiger partial charge on any atom is -0.500 e. The molecule has 0 aliphatic rings. The molecule has 2 aromatic carbocycles. The Morgan fingerprint density at radius 2 is 2.12 bits per heavy atom. The molecule has 0 aliphatic carbocycles. The molecule has 1 heterocycles. The lowest BCUT2D eigenvalue weighted by Crippen LogP contribution is -2.16. The molecule has 0 atom stereocenters. The molecule has 0 radical (unpaired) electrons. The molecule has 132 valence electrons. The smallest absolute Gasteiger partial charge is 0.315 e. The first-order valence-corrected chi connectivity index (χ1v) is 7.37. The number of ether oxygens (including phenoxy) is 1. The van der Waals surface area contributed by atoms with E-state index in [1.165, 1.54) is 19.4 Å². The summed E-state index contributed by atoms with van der Waals surface area (Å²) in [5.41, 5.74) is 2.57. The number of amides is 1. The number of nitrogens with one attached hydrogen (secondary N) is 1. The molecule has 0 unspecified atom stereocenters. The normalized spacial score (nSPS) is 11.0. The van der Waals surface area contributed by atoms with E-state index in [4.69, 9.17) is 9.15 Å². The van der Waals surface area contributed by atoms with Gasteiger partial charge in [0.25, 0.3) is 0 Å².